The molecule has 13 heavy (non-hydrogen) atoms. The molecule has 5 heteroatoms. The number of carboxylic acid groups (broad SMARTS) is 1. The second-order valence-corrected chi connectivity index (χ2v) is 2.79. The van der Waals surface area contributed by atoms with E-state index in [1.807, 2.05) is 13.8 Å². The van der Waals surface area contributed by atoms with Crippen LogP contribution in [0.1, 0.15) is 23.6 Å². The van der Waals surface area contributed by atoms with Gasteiger partial charge in [0.05, 0.1) is 17.8 Å². The van der Waals surface area contributed by atoms with Crippen molar-refractivity contribution in [1.82, 2.24) is 15.2 Å². The molecule has 1 heterocycles. The third-order valence-electron chi connectivity index (χ3n) is 1.70. The molecule has 70 valence electrons. The number of carbonyl (C=O) groups is 1. The Morgan fingerprint density at radius 1 is 1.31 bits per heavy atom. The van der Waals surface area contributed by atoms with Crippen molar-refractivity contribution < 1.29 is 9.90 Å². The van der Waals surface area contributed by atoms with E-state index in [9.17, 15) is 4.79 Å². The molecule has 0 spiro atoms. The van der Waals surface area contributed by atoms with Gasteiger partial charge in [-0.05, 0) is 13.8 Å². The van der Waals surface area contributed by atoms with Gasteiger partial charge in [-0.3, -0.25) is 4.79 Å². The molecule has 0 amide bonds. The van der Waals surface area contributed by atoms with E-state index < -0.39 is 5.97 Å². The van der Waals surface area contributed by atoms with E-state index in [1.165, 1.54) is 0 Å². The van der Waals surface area contributed by atoms with Crippen molar-refractivity contribution in [2.75, 3.05) is 0 Å². The summed E-state index contributed by atoms with van der Waals surface area (Å²) in [5, 5.41) is 16.1. The molecule has 5 nitrogen and oxygen atoms in total. The predicted molar refractivity (Wildman–Crippen MR) is 45.3 cm³/mol. The van der Waals surface area contributed by atoms with Crippen molar-refractivity contribution in [3.63, 3.8) is 0 Å². The molecule has 1 aromatic rings. The summed E-state index contributed by atoms with van der Waals surface area (Å²) < 4.78 is 0. The molecule has 0 aliphatic carbocycles. The Labute approximate surface area is 75.8 Å². The average molecular weight is 181 g/mol. The first kappa shape index (κ1) is 9.57. The van der Waals surface area contributed by atoms with Crippen molar-refractivity contribution >= 4 is 5.97 Å². The van der Waals surface area contributed by atoms with Gasteiger partial charge in [-0.25, -0.2) is 4.98 Å². The van der Waals surface area contributed by atoms with Crippen LogP contribution in [0.25, 0.3) is 0 Å². The molecule has 0 fully saturated rings. The highest BCUT2D eigenvalue weighted by Gasteiger charge is 2.03. The minimum absolute atomic E-state index is 0.0458. The fourth-order valence-electron chi connectivity index (χ4n) is 0.827. The van der Waals surface area contributed by atoms with Gasteiger partial charge in [0.2, 0.25) is 0 Å². The fraction of sp³-hybridized carbons (Fsp3) is 0.500. The van der Waals surface area contributed by atoms with E-state index in [1.54, 1.807) is 0 Å². The fourth-order valence-corrected chi connectivity index (χ4v) is 0.827. The zero-order valence-corrected chi connectivity index (χ0v) is 7.61. The molecular weight excluding hydrogens is 170 g/mol. The van der Waals surface area contributed by atoms with E-state index in [0.717, 1.165) is 11.4 Å². The maximum Gasteiger partial charge on any atom is 0.303 e. The molecule has 0 saturated carbocycles. The number of nitrogens with zero attached hydrogens (tertiary/aromatic N) is 3. The second-order valence-electron chi connectivity index (χ2n) is 2.79. The van der Waals surface area contributed by atoms with E-state index in [-0.39, 0.29) is 6.42 Å². The number of aromatic nitrogens is 3. The van der Waals surface area contributed by atoms with Gasteiger partial charge in [-0.2, -0.15) is 5.10 Å². The van der Waals surface area contributed by atoms with Gasteiger partial charge in [0.15, 0.2) is 5.82 Å². The third-order valence-corrected chi connectivity index (χ3v) is 1.70. The number of carboxylic acids is 1. The van der Waals surface area contributed by atoms with Crippen LogP contribution >= 0.6 is 0 Å². The predicted octanol–water partition coefficient (Wildman–Crippen LogP) is 0.506. The van der Waals surface area contributed by atoms with E-state index in [4.69, 9.17) is 5.11 Å². The Morgan fingerprint density at radius 2 is 2.00 bits per heavy atom. The second kappa shape index (κ2) is 3.93. The van der Waals surface area contributed by atoms with Crippen LogP contribution in [0.4, 0.5) is 0 Å². The van der Waals surface area contributed by atoms with Crippen molar-refractivity contribution in [1.29, 1.82) is 0 Å². The summed E-state index contributed by atoms with van der Waals surface area (Å²) in [5.74, 6) is -0.354. The minimum Gasteiger partial charge on any atom is -0.481 e. The van der Waals surface area contributed by atoms with Gasteiger partial charge in [0, 0.05) is 6.42 Å². The molecule has 0 aliphatic rings. The largest absolute Gasteiger partial charge is 0.481 e. The highest BCUT2D eigenvalue weighted by Crippen LogP contribution is 2.00. The minimum atomic E-state index is -0.846. The highest BCUT2D eigenvalue weighted by molar-refractivity contribution is 5.66. The molecule has 1 aromatic heterocycles. The van der Waals surface area contributed by atoms with Crippen LogP contribution < -0.4 is 0 Å². The van der Waals surface area contributed by atoms with Crippen molar-refractivity contribution in [3.8, 4) is 0 Å². The van der Waals surface area contributed by atoms with Crippen LogP contribution in [0.5, 0.6) is 0 Å². The normalized spacial score (nSPS) is 10.0. The monoisotopic (exact) mass is 181 g/mol. The summed E-state index contributed by atoms with van der Waals surface area (Å²) in [4.78, 5) is 14.4. The summed E-state index contributed by atoms with van der Waals surface area (Å²) >= 11 is 0. The van der Waals surface area contributed by atoms with Crippen LogP contribution in [0.3, 0.4) is 0 Å². The standard InChI is InChI=1S/C8H11N3O2/c1-5-6(2)10-11-7(9-5)3-4-8(12)13/h3-4H2,1-2H3,(H,12,13). The summed E-state index contributed by atoms with van der Waals surface area (Å²) in [5.41, 5.74) is 1.58. The molecule has 1 rings (SSSR count). The zero-order chi connectivity index (χ0) is 9.84. The average Bonchev–Trinajstić information content (AvgIpc) is 2.07. The van der Waals surface area contributed by atoms with Crippen molar-refractivity contribution in [2.24, 2.45) is 0 Å². The molecular formula is C8H11N3O2. The van der Waals surface area contributed by atoms with E-state index in [0.29, 0.717) is 12.2 Å². The lowest BCUT2D eigenvalue weighted by molar-refractivity contribution is -0.137. The van der Waals surface area contributed by atoms with Gasteiger partial charge in [-0.1, -0.05) is 0 Å². The maximum absolute atomic E-state index is 10.2. The van der Waals surface area contributed by atoms with E-state index in [2.05, 4.69) is 15.2 Å². The number of rotatable bonds is 3. The molecule has 0 radical (unpaired) electrons. The quantitative estimate of drug-likeness (QED) is 0.735. The van der Waals surface area contributed by atoms with Crippen LogP contribution in [0, 0.1) is 13.8 Å². The molecule has 0 saturated heterocycles. The first-order valence-electron chi connectivity index (χ1n) is 3.98. The molecule has 0 atom stereocenters. The lowest BCUT2D eigenvalue weighted by Crippen LogP contribution is -2.05. The molecule has 0 unspecified atom stereocenters. The Balaban J connectivity index is 2.68. The maximum atomic E-state index is 10.2. The van der Waals surface area contributed by atoms with Crippen LogP contribution in [0.15, 0.2) is 0 Å². The van der Waals surface area contributed by atoms with E-state index >= 15 is 0 Å². The molecule has 0 aromatic carbocycles. The summed E-state index contributed by atoms with van der Waals surface area (Å²) in [6, 6.07) is 0. The van der Waals surface area contributed by atoms with Crippen molar-refractivity contribution in [2.45, 2.75) is 26.7 Å². The van der Waals surface area contributed by atoms with Crippen LogP contribution in [0.2, 0.25) is 0 Å². The van der Waals surface area contributed by atoms with Gasteiger partial charge >= 0.3 is 5.97 Å². The summed E-state index contributed by atoms with van der Waals surface area (Å²) in [7, 11) is 0. The first-order valence-corrected chi connectivity index (χ1v) is 3.98. The lowest BCUT2D eigenvalue weighted by atomic mass is 10.3. The summed E-state index contributed by atoms with van der Waals surface area (Å²) in [6.45, 7) is 3.64. The number of aryl methyl sites for hydroxylation is 3. The topological polar surface area (TPSA) is 76.0 Å². The number of hydrogen-bond donors (Lipinski definition) is 1. The Bertz CT molecular complexity index is 325. The van der Waals surface area contributed by atoms with Gasteiger partial charge < -0.3 is 5.11 Å². The first-order chi connectivity index (χ1) is 6.09. The molecule has 0 bridgehead atoms. The Hall–Kier alpha value is -1.52. The smallest absolute Gasteiger partial charge is 0.303 e. The molecule has 0 aliphatic heterocycles. The van der Waals surface area contributed by atoms with Crippen LogP contribution in [-0.2, 0) is 11.2 Å². The Morgan fingerprint density at radius 3 is 2.54 bits per heavy atom. The lowest BCUT2D eigenvalue weighted by Gasteiger charge is -1.99. The zero-order valence-electron chi connectivity index (χ0n) is 7.61. The Kier molecular flexibility index (Phi) is 2.89. The molecule has 1 N–H and O–H groups in total. The highest BCUT2D eigenvalue weighted by atomic mass is 16.4. The van der Waals surface area contributed by atoms with Gasteiger partial charge in [-0.15, -0.1) is 5.10 Å². The number of aliphatic carboxylic acids is 1. The van der Waals surface area contributed by atoms with Crippen LogP contribution in [-0.4, -0.2) is 26.3 Å². The van der Waals surface area contributed by atoms with Gasteiger partial charge in [0.25, 0.3) is 0 Å². The number of hydrogen-bond acceptors (Lipinski definition) is 4. The van der Waals surface area contributed by atoms with Crippen molar-refractivity contribution in [3.05, 3.63) is 17.2 Å². The third kappa shape index (κ3) is 2.77. The summed E-state index contributed by atoms with van der Waals surface area (Å²) in [6.07, 6.45) is 0.383. The SMILES string of the molecule is Cc1nnc(CCC(=O)O)nc1C. The van der Waals surface area contributed by atoms with Gasteiger partial charge in [0.1, 0.15) is 0 Å².